The maximum atomic E-state index is 4.49. The van der Waals surface area contributed by atoms with Crippen LogP contribution in [0.4, 0.5) is 5.95 Å². The highest BCUT2D eigenvalue weighted by Crippen LogP contribution is 2.17. The summed E-state index contributed by atoms with van der Waals surface area (Å²) in [5, 5.41) is 3.27. The van der Waals surface area contributed by atoms with Crippen molar-refractivity contribution in [2.45, 2.75) is 33.2 Å². The molecule has 0 aliphatic rings. The number of hydrogen-bond donors (Lipinski definition) is 1. The SMILES string of the molecule is C=CCNc1nc(C)cn1Cc1ccc(C(C)C)cc1. The second kappa shape index (κ2) is 6.42. The number of nitrogens with one attached hydrogen (secondary N) is 1. The smallest absolute Gasteiger partial charge is 0.203 e. The second-order valence-electron chi connectivity index (χ2n) is 5.40. The molecule has 1 N–H and O–H groups in total. The Labute approximate surface area is 121 Å². The predicted molar refractivity (Wildman–Crippen MR) is 85.3 cm³/mol. The van der Waals surface area contributed by atoms with Crippen molar-refractivity contribution < 1.29 is 0 Å². The van der Waals surface area contributed by atoms with E-state index in [1.807, 2.05) is 13.0 Å². The molecule has 1 aromatic heterocycles. The van der Waals surface area contributed by atoms with Crippen LogP contribution < -0.4 is 5.32 Å². The van der Waals surface area contributed by atoms with Crippen molar-refractivity contribution in [3.63, 3.8) is 0 Å². The number of aromatic nitrogens is 2. The van der Waals surface area contributed by atoms with E-state index < -0.39 is 0 Å². The normalized spacial score (nSPS) is 10.8. The molecule has 0 aliphatic heterocycles. The summed E-state index contributed by atoms with van der Waals surface area (Å²) in [6.45, 7) is 11.7. The molecule has 0 spiro atoms. The zero-order valence-electron chi connectivity index (χ0n) is 12.6. The minimum atomic E-state index is 0.573. The Morgan fingerprint density at radius 1 is 1.30 bits per heavy atom. The van der Waals surface area contributed by atoms with Crippen molar-refractivity contribution in [3.05, 3.63) is 59.9 Å². The van der Waals surface area contributed by atoms with Crippen LogP contribution in [-0.4, -0.2) is 16.1 Å². The first-order valence-corrected chi connectivity index (χ1v) is 7.07. The van der Waals surface area contributed by atoms with Gasteiger partial charge in [-0.15, -0.1) is 6.58 Å². The van der Waals surface area contributed by atoms with Crippen LogP contribution in [0, 0.1) is 6.92 Å². The summed E-state index contributed by atoms with van der Waals surface area (Å²) in [7, 11) is 0. The molecule has 0 aliphatic carbocycles. The largest absolute Gasteiger partial charge is 0.352 e. The summed E-state index contributed by atoms with van der Waals surface area (Å²) in [6.07, 6.45) is 3.91. The zero-order valence-corrected chi connectivity index (χ0v) is 12.6. The van der Waals surface area contributed by atoms with Gasteiger partial charge in [-0.1, -0.05) is 44.2 Å². The fraction of sp³-hybridized carbons (Fsp3) is 0.353. The van der Waals surface area contributed by atoms with Gasteiger partial charge in [-0.3, -0.25) is 0 Å². The quantitative estimate of drug-likeness (QED) is 0.804. The Bertz CT molecular complexity index is 564. The molecular weight excluding hydrogens is 246 g/mol. The van der Waals surface area contributed by atoms with Gasteiger partial charge in [-0.05, 0) is 24.0 Å². The number of rotatable bonds is 6. The molecule has 1 aromatic carbocycles. The lowest BCUT2D eigenvalue weighted by molar-refractivity contribution is 0.798. The minimum absolute atomic E-state index is 0.573. The molecule has 20 heavy (non-hydrogen) atoms. The summed E-state index contributed by atoms with van der Waals surface area (Å²) in [5.74, 6) is 1.47. The molecule has 0 saturated heterocycles. The molecule has 3 nitrogen and oxygen atoms in total. The summed E-state index contributed by atoms with van der Waals surface area (Å²) < 4.78 is 2.14. The Kier molecular flexibility index (Phi) is 4.61. The molecule has 0 unspecified atom stereocenters. The molecule has 1 heterocycles. The Hall–Kier alpha value is -2.03. The Morgan fingerprint density at radius 3 is 2.60 bits per heavy atom. The predicted octanol–water partition coefficient (Wildman–Crippen LogP) is 3.96. The maximum Gasteiger partial charge on any atom is 0.203 e. The molecule has 2 rings (SSSR count). The second-order valence-corrected chi connectivity index (χ2v) is 5.40. The maximum absolute atomic E-state index is 4.49. The van der Waals surface area contributed by atoms with Gasteiger partial charge in [-0.2, -0.15) is 0 Å². The van der Waals surface area contributed by atoms with Crippen LogP contribution in [-0.2, 0) is 6.54 Å². The van der Waals surface area contributed by atoms with E-state index in [1.54, 1.807) is 0 Å². The topological polar surface area (TPSA) is 29.9 Å². The van der Waals surface area contributed by atoms with E-state index in [4.69, 9.17) is 0 Å². The van der Waals surface area contributed by atoms with Gasteiger partial charge in [0.05, 0.1) is 12.2 Å². The van der Waals surface area contributed by atoms with Crippen molar-refractivity contribution in [3.8, 4) is 0 Å². The van der Waals surface area contributed by atoms with Crippen LogP contribution in [0.2, 0.25) is 0 Å². The Balaban J connectivity index is 2.14. The molecule has 0 fully saturated rings. The van der Waals surface area contributed by atoms with Crippen LogP contribution >= 0.6 is 0 Å². The van der Waals surface area contributed by atoms with Crippen LogP contribution in [0.15, 0.2) is 43.1 Å². The fourth-order valence-corrected chi connectivity index (χ4v) is 2.18. The standard InChI is InChI=1S/C17H23N3/c1-5-10-18-17-19-14(4)11-20(17)12-15-6-8-16(9-7-15)13(2)3/h5-9,11,13H,1,10,12H2,2-4H3,(H,18,19). The van der Waals surface area contributed by atoms with Crippen LogP contribution in [0.3, 0.4) is 0 Å². The highest BCUT2D eigenvalue weighted by atomic mass is 15.2. The molecular formula is C17H23N3. The van der Waals surface area contributed by atoms with Crippen molar-refractivity contribution in [1.82, 2.24) is 9.55 Å². The van der Waals surface area contributed by atoms with E-state index in [9.17, 15) is 0 Å². The molecule has 0 bridgehead atoms. The first-order chi connectivity index (χ1) is 9.60. The first kappa shape index (κ1) is 14.4. The third-order valence-corrected chi connectivity index (χ3v) is 3.30. The monoisotopic (exact) mass is 269 g/mol. The van der Waals surface area contributed by atoms with E-state index in [1.165, 1.54) is 11.1 Å². The van der Waals surface area contributed by atoms with E-state index >= 15 is 0 Å². The number of nitrogens with zero attached hydrogens (tertiary/aromatic N) is 2. The molecule has 2 aromatic rings. The number of anilines is 1. The molecule has 0 radical (unpaired) electrons. The number of hydrogen-bond acceptors (Lipinski definition) is 2. The van der Waals surface area contributed by atoms with E-state index in [-0.39, 0.29) is 0 Å². The Morgan fingerprint density at radius 2 is 2.00 bits per heavy atom. The highest BCUT2D eigenvalue weighted by molar-refractivity contribution is 5.32. The summed E-state index contributed by atoms with van der Waals surface area (Å²) in [4.78, 5) is 4.49. The van der Waals surface area contributed by atoms with Crippen molar-refractivity contribution in [2.75, 3.05) is 11.9 Å². The van der Waals surface area contributed by atoms with Gasteiger partial charge >= 0.3 is 0 Å². The first-order valence-electron chi connectivity index (χ1n) is 7.07. The lowest BCUT2D eigenvalue weighted by Crippen LogP contribution is -2.07. The molecule has 0 atom stereocenters. The lowest BCUT2D eigenvalue weighted by atomic mass is 10.0. The third kappa shape index (κ3) is 3.50. The number of imidazole rings is 1. The van der Waals surface area contributed by atoms with Gasteiger partial charge in [0.15, 0.2) is 0 Å². The van der Waals surface area contributed by atoms with Gasteiger partial charge < -0.3 is 9.88 Å². The van der Waals surface area contributed by atoms with Crippen molar-refractivity contribution in [2.24, 2.45) is 0 Å². The highest BCUT2D eigenvalue weighted by Gasteiger charge is 2.06. The van der Waals surface area contributed by atoms with E-state index in [0.29, 0.717) is 5.92 Å². The van der Waals surface area contributed by atoms with Crippen molar-refractivity contribution in [1.29, 1.82) is 0 Å². The average Bonchev–Trinajstić information content (AvgIpc) is 2.77. The summed E-state index contributed by atoms with van der Waals surface area (Å²) >= 11 is 0. The average molecular weight is 269 g/mol. The lowest BCUT2D eigenvalue weighted by Gasteiger charge is -2.10. The summed E-state index contributed by atoms with van der Waals surface area (Å²) in [6, 6.07) is 8.81. The third-order valence-electron chi connectivity index (χ3n) is 3.30. The number of benzene rings is 1. The molecule has 0 amide bonds. The minimum Gasteiger partial charge on any atom is -0.352 e. The van der Waals surface area contributed by atoms with Gasteiger partial charge in [0, 0.05) is 12.7 Å². The molecule has 3 heteroatoms. The van der Waals surface area contributed by atoms with E-state index in [0.717, 1.165) is 24.7 Å². The van der Waals surface area contributed by atoms with Crippen LogP contribution in [0.1, 0.15) is 36.6 Å². The zero-order chi connectivity index (χ0) is 14.5. The van der Waals surface area contributed by atoms with Crippen LogP contribution in [0.25, 0.3) is 0 Å². The van der Waals surface area contributed by atoms with E-state index in [2.05, 4.69) is 65.8 Å². The van der Waals surface area contributed by atoms with Gasteiger partial charge in [-0.25, -0.2) is 4.98 Å². The summed E-state index contributed by atoms with van der Waals surface area (Å²) in [5.41, 5.74) is 3.68. The van der Waals surface area contributed by atoms with Gasteiger partial charge in [0.25, 0.3) is 0 Å². The van der Waals surface area contributed by atoms with Gasteiger partial charge in [0.2, 0.25) is 5.95 Å². The number of aryl methyl sites for hydroxylation is 1. The van der Waals surface area contributed by atoms with Crippen LogP contribution in [0.5, 0.6) is 0 Å². The van der Waals surface area contributed by atoms with Crippen molar-refractivity contribution >= 4 is 5.95 Å². The molecule has 0 saturated carbocycles. The van der Waals surface area contributed by atoms with Gasteiger partial charge in [0.1, 0.15) is 0 Å². The fourth-order valence-electron chi connectivity index (χ4n) is 2.18. The molecule has 106 valence electrons.